The molecule has 108 valence electrons. The largest absolute Gasteiger partial charge is 0.311 e. The maximum Gasteiger partial charge on any atom is 0.123 e. The first-order valence-electron chi connectivity index (χ1n) is 6.89. The van der Waals surface area contributed by atoms with Crippen molar-refractivity contribution in [2.45, 2.75) is 33.9 Å². The van der Waals surface area contributed by atoms with Gasteiger partial charge in [0.25, 0.3) is 0 Å². The van der Waals surface area contributed by atoms with Gasteiger partial charge in [0.1, 0.15) is 5.82 Å². The van der Waals surface area contributed by atoms with Crippen molar-refractivity contribution in [2.75, 3.05) is 6.54 Å². The lowest BCUT2D eigenvalue weighted by Gasteiger charge is -2.05. The van der Waals surface area contributed by atoms with Gasteiger partial charge in [0.15, 0.2) is 0 Å². The second-order valence-corrected chi connectivity index (χ2v) is 5.50. The van der Waals surface area contributed by atoms with E-state index >= 15 is 0 Å². The molecule has 1 N–H and O–H groups in total. The Kier molecular flexibility index (Phi) is 4.84. The lowest BCUT2D eigenvalue weighted by molar-refractivity contribution is 0.548. The highest BCUT2D eigenvalue weighted by molar-refractivity contribution is 5.26. The molecular formula is C15H21FN4. The Bertz CT molecular complexity index is 563. The van der Waals surface area contributed by atoms with E-state index in [4.69, 9.17) is 0 Å². The molecule has 0 saturated carbocycles. The third-order valence-corrected chi connectivity index (χ3v) is 3.08. The standard InChI is InChI=1S/C15H21FN4/c1-11(2)7-17-8-15-10-20(19-18-15)9-13-4-5-14(16)6-12(13)3/h4-6,10-11,17H,7-9H2,1-3H3. The van der Waals surface area contributed by atoms with Crippen LogP contribution in [0.25, 0.3) is 0 Å². The zero-order valence-electron chi connectivity index (χ0n) is 12.2. The van der Waals surface area contributed by atoms with Crippen molar-refractivity contribution in [2.24, 2.45) is 5.92 Å². The van der Waals surface area contributed by atoms with Crippen LogP contribution in [0.5, 0.6) is 0 Å². The summed E-state index contributed by atoms with van der Waals surface area (Å²) in [6.45, 7) is 8.54. The number of benzene rings is 1. The Morgan fingerprint density at radius 1 is 1.35 bits per heavy atom. The first-order chi connectivity index (χ1) is 9.54. The summed E-state index contributed by atoms with van der Waals surface area (Å²) in [6, 6.07) is 4.81. The molecule has 1 aromatic heterocycles. The van der Waals surface area contributed by atoms with Crippen LogP contribution >= 0.6 is 0 Å². The Morgan fingerprint density at radius 2 is 2.15 bits per heavy atom. The van der Waals surface area contributed by atoms with Crippen molar-refractivity contribution >= 4 is 0 Å². The van der Waals surface area contributed by atoms with Crippen molar-refractivity contribution in [1.29, 1.82) is 0 Å². The van der Waals surface area contributed by atoms with Crippen LogP contribution < -0.4 is 5.32 Å². The smallest absolute Gasteiger partial charge is 0.123 e. The van der Waals surface area contributed by atoms with Crippen molar-refractivity contribution < 1.29 is 4.39 Å². The number of nitrogens with one attached hydrogen (secondary N) is 1. The summed E-state index contributed by atoms with van der Waals surface area (Å²) in [7, 11) is 0. The van der Waals surface area contributed by atoms with Crippen molar-refractivity contribution in [3.8, 4) is 0 Å². The molecule has 5 heteroatoms. The van der Waals surface area contributed by atoms with Gasteiger partial charge in [-0.1, -0.05) is 25.1 Å². The SMILES string of the molecule is Cc1cc(F)ccc1Cn1cc(CNCC(C)C)nn1. The number of aromatic nitrogens is 3. The van der Waals surface area contributed by atoms with E-state index in [1.165, 1.54) is 12.1 Å². The van der Waals surface area contributed by atoms with Gasteiger partial charge in [0.2, 0.25) is 0 Å². The molecule has 2 rings (SSSR count). The fourth-order valence-electron chi connectivity index (χ4n) is 2.00. The van der Waals surface area contributed by atoms with Crippen LogP contribution in [0.1, 0.15) is 30.7 Å². The quantitative estimate of drug-likeness (QED) is 0.881. The highest BCUT2D eigenvalue weighted by Gasteiger charge is 2.05. The third kappa shape index (κ3) is 4.13. The first kappa shape index (κ1) is 14.7. The van der Waals surface area contributed by atoms with E-state index in [1.807, 2.05) is 13.1 Å². The number of nitrogens with zero attached hydrogens (tertiary/aromatic N) is 3. The lowest BCUT2D eigenvalue weighted by atomic mass is 10.1. The van der Waals surface area contributed by atoms with E-state index in [1.54, 1.807) is 10.7 Å². The fraction of sp³-hybridized carbons (Fsp3) is 0.467. The normalized spacial score (nSPS) is 11.2. The minimum Gasteiger partial charge on any atom is -0.311 e. The van der Waals surface area contributed by atoms with E-state index in [9.17, 15) is 4.39 Å². The topological polar surface area (TPSA) is 42.7 Å². The summed E-state index contributed by atoms with van der Waals surface area (Å²) in [5.41, 5.74) is 2.91. The molecular weight excluding hydrogens is 255 g/mol. The van der Waals surface area contributed by atoms with E-state index in [-0.39, 0.29) is 5.82 Å². The van der Waals surface area contributed by atoms with Crippen molar-refractivity contribution in [1.82, 2.24) is 20.3 Å². The van der Waals surface area contributed by atoms with Gasteiger partial charge >= 0.3 is 0 Å². The van der Waals surface area contributed by atoms with Crippen molar-refractivity contribution in [3.05, 3.63) is 47.0 Å². The van der Waals surface area contributed by atoms with Crippen LogP contribution in [0.15, 0.2) is 24.4 Å². The number of hydrogen-bond acceptors (Lipinski definition) is 3. The molecule has 2 aromatic rings. The number of aryl methyl sites for hydroxylation is 1. The summed E-state index contributed by atoms with van der Waals surface area (Å²) in [6.07, 6.45) is 1.93. The van der Waals surface area contributed by atoms with Gasteiger partial charge < -0.3 is 5.32 Å². The molecule has 0 atom stereocenters. The summed E-state index contributed by atoms with van der Waals surface area (Å²) >= 11 is 0. The number of halogens is 1. The lowest BCUT2D eigenvalue weighted by Crippen LogP contribution is -2.19. The molecule has 0 radical (unpaired) electrons. The average molecular weight is 276 g/mol. The van der Waals surface area contributed by atoms with Gasteiger partial charge in [0, 0.05) is 6.54 Å². The predicted molar refractivity (Wildman–Crippen MR) is 76.8 cm³/mol. The van der Waals surface area contributed by atoms with E-state index < -0.39 is 0 Å². The Hall–Kier alpha value is -1.75. The van der Waals surface area contributed by atoms with Gasteiger partial charge in [-0.15, -0.1) is 5.10 Å². The number of rotatable bonds is 6. The summed E-state index contributed by atoms with van der Waals surface area (Å²) < 4.78 is 14.8. The molecule has 0 unspecified atom stereocenters. The molecule has 0 saturated heterocycles. The second kappa shape index (κ2) is 6.61. The van der Waals surface area contributed by atoms with Gasteiger partial charge in [-0.05, 0) is 42.6 Å². The Morgan fingerprint density at radius 3 is 2.85 bits per heavy atom. The number of hydrogen-bond donors (Lipinski definition) is 1. The Balaban J connectivity index is 1.95. The molecule has 0 spiro atoms. The third-order valence-electron chi connectivity index (χ3n) is 3.08. The molecule has 0 amide bonds. The van der Waals surface area contributed by atoms with E-state index in [0.29, 0.717) is 12.5 Å². The molecule has 0 fully saturated rings. The zero-order valence-corrected chi connectivity index (χ0v) is 12.2. The molecule has 0 aliphatic heterocycles. The van der Waals surface area contributed by atoms with Crippen LogP contribution in [0.4, 0.5) is 4.39 Å². The maximum atomic E-state index is 13.1. The van der Waals surface area contributed by atoms with Crippen LogP contribution in [0, 0.1) is 18.7 Å². The molecule has 0 aliphatic rings. The minimum atomic E-state index is -0.205. The molecule has 4 nitrogen and oxygen atoms in total. The average Bonchev–Trinajstić information content (AvgIpc) is 2.80. The second-order valence-electron chi connectivity index (χ2n) is 5.50. The van der Waals surface area contributed by atoms with Gasteiger partial charge in [-0.2, -0.15) is 0 Å². The molecule has 1 aromatic carbocycles. The summed E-state index contributed by atoms with van der Waals surface area (Å²) in [5, 5.41) is 11.6. The summed E-state index contributed by atoms with van der Waals surface area (Å²) in [4.78, 5) is 0. The minimum absolute atomic E-state index is 0.205. The Labute approximate surface area is 119 Å². The van der Waals surface area contributed by atoms with Gasteiger partial charge in [-0.3, -0.25) is 0 Å². The molecule has 0 bridgehead atoms. The monoisotopic (exact) mass is 276 g/mol. The highest BCUT2D eigenvalue weighted by Crippen LogP contribution is 2.11. The van der Waals surface area contributed by atoms with Crippen LogP contribution in [0.3, 0.4) is 0 Å². The van der Waals surface area contributed by atoms with E-state index in [2.05, 4.69) is 29.5 Å². The van der Waals surface area contributed by atoms with Gasteiger partial charge in [0.05, 0.1) is 18.4 Å². The first-order valence-corrected chi connectivity index (χ1v) is 6.89. The molecule has 20 heavy (non-hydrogen) atoms. The zero-order chi connectivity index (χ0) is 14.5. The molecule has 1 heterocycles. The van der Waals surface area contributed by atoms with Crippen LogP contribution in [-0.2, 0) is 13.1 Å². The maximum absolute atomic E-state index is 13.1. The van der Waals surface area contributed by atoms with Gasteiger partial charge in [-0.25, -0.2) is 9.07 Å². The van der Waals surface area contributed by atoms with E-state index in [0.717, 1.165) is 29.9 Å². The van der Waals surface area contributed by atoms with Crippen molar-refractivity contribution in [3.63, 3.8) is 0 Å². The van der Waals surface area contributed by atoms with Crippen LogP contribution in [-0.4, -0.2) is 21.5 Å². The fourth-order valence-corrected chi connectivity index (χ4v) is 2.00. The highest BCUT2D eigenvalue weighted by atomic mass is 19.1. The predicted octanol–water partition coefficient (Wildman–Crippen LogP) is 2.52. The summed E-state index contributed by atoms with van der Waals surface area (Å²) in [5.74, 6) is 0.412. The van der Waals surface area contributed by atoms with Crippen LogP contribution in [0.2, 0.25) is 0 Å². The molecule has 0 aliphatic carbocycles.